The van der Waals surface area contributed by atoms with Gasteiger partial charge in [-0.05, 0) is 12.1 Å². The molecule has 0 unspecified atom stereocenters. The lowest BCUT2D eigenvalue weighted by molar-refractivity contribution is -0.387. The molecule has 21 heavy (non-hydrogen) atoms. The van der Waals surface area contributed by atoms with Gasteiger partial charge in [-0.15, -0.1) is 0 Å². The molecule has 0 spiro atoms. The van der Waals surface area contributed by atoms with E-state index in [4.69, 9.17) is 5.73 Å². The van der Waals surface area contributed by atoms with Crippen molar-refractivity contribution in [3.63, 3.8) is 0 Å². The minimum absolute atomic E-state index is 0.0799. The number of carbonyl (C=O) groups excluding carboxylic acids is 1. The number of benzene rings is 1. The third kappa shape index (κ3) is 2.81. The van der Waals surface area contributed by atoms with Crippen molar-refractivity contribution in [1.29, 1.82) is 0 Å². The van der Waals surface area contributed by atoms with E-state index in [9.17, 15) is 23.3 Å². The fraction of sp³-hybridized carbons (Fsp3) is 0.364. The average Bonchev–Trinajstić information content (AvgIpc) is 2.41. The zero-order valence-electron chi connectivity index (χ0n) is 11.2. The van der Waals surface area contributed by atoms with Gasteiger partial charge in [-0.2, -0.15) is 4.31 Å². The molecule has 1 aliphatic rings. The highest BCUT2D eigenvalue weighted by molar-refractivity contribution is 7.89. The Balaban J connectivity index is 2.47. The number of hydrogen-bond acceptors (Lipinski definition) is 6. The molecule has 1 fully saturated rings. The predicted molar refractivity (Wildman–Crippen MR) is 73.9 cm³/mol. The molecule has 2 rings (SSSR count). The minimum Gasteiger partial charge on any atom is -0.399 e. The Hall–Kier alpha value is -2.20. The normalized spacial score (nSPS) is 17.0. The van der Waals surface area contributed by atoms with Gasteiger partial charge in [0.15, 0.2) is 4.90 Å². The van der Waals surface area contributed by atoms with E-state index in [0.717, 1.165) is 16.4 Å². The molecule has 0 bridgehead atoms. The molecule has 1 amide bonds. The number of nitrogen functional groups attached to an aromatic ring is 1. The van der Waals surface area contributed by atoms with E-state index in [1.807, 2.05) is 0 Å². The Morgan fingerprint density at radius 2 is 2.00 bits per heavy atom. The van der Waals surface area contributed by atoms with Gasteiger partial charge in [0, 0.05) is 31.9 Å². The Kier molecular flexibility index (Phi) is 3.83. The summed E-state index contributed by atoms with van der Waals surface area (Å²) in [5.41, 5.74) is 5.06. The van der Waals surface area contributed by atoms with Gasteiger partial charge in [0.1, 0.15) is 0 Å². The van der Waals surface area contributed by atoms with Gasteiger partial charge in [0.2, 0.25) is 5.91 Å². The number of sulfonamides is 1. The van der Waals surface area contributed by atoms with Crippen molar-refractivity contribution in [2.24, 2.45) is 0 Å². The van der Waals surface area contributed by atoms with Crippen LogP contribution in [-0.4, -0.2) is 55.1 Å². The predicted octanol–water partition coefficient (Wildman–Crippen LogP) is -0.360. The van der Waals surface area contributed by atoms with E-state index >= 15 is 0 Å². The van der Waals surface area contributed by atoms with Gasteiger partial charge >= 0.3 is 0 Å². The van der Waals surface area contributed by atoms with Crippen molar-refractivity contribution < 1.29 is 18.1 Å². The summed E-state index contributed by atoms with van der Waals surface area (Å²) < 4.78 is 26.0. The van der Waals surface area contributed by atoms with E-state index in [1.165, 1.54) is 11.0 Å². The van der Waals surface area contributed by atoms with Gasteiger partial charge in [-0.1, -0.05) is 0 Å². The Bertz CT molecular complexity index is 703. The number of nitro benzene ring substituents is 1. The second-order valence-electron chi connectivity index (χ2n) is 4.64. The van der Waals surface area contributed by atoms with Gasteiger partial charge < -0.3 is 10.6 Å². The molecule has 0 radical (unpaired) electrons. The van der Waals surface area contributed by atoms with Crippen molar-refractivity contribution >= 4 is 27.3 Å². The zero-order valence-corrected chi connectivity index (χ0v) is 12.0. The van der Waals surface area contributed by atoms with Crippen LogP contribution in [0, 0.1) is 10.1 Å². The maximum absolute atomic E-state index is 12.5. The lowest BCUT2D eigenvalue weighted by Crippen LogP contribution is -2.50. The van der Waals surface area contributed by atoms with E-state index in [1.54, 1.807) is 7.05 Å². The number of carbonyl (C=O) groups is 1. The quantitative estimate of drug-likeness (QED) is 0.461. The van der Waals surface area contributed by atoms with Gasteiger partial charge in [0.05, 0.1) is 11.5 Å². The molecule has 1 heterocycles. The number of anilines is 1. The molecule has 1 saturated heterocycles. The summed E-state index contributed by atoms with van der Waals surface area (Å²) in [4.78, 5) is 22.7. The topological polar surface area (TPSA) is 127 Å². The van der Waals surface area contributed by atoms with Crippen LogP contribution in [0.1, 0.15) is 0 Å². The highest BCUT2D eigenvalue weighted by Gasteiger charge is 2.35. The second-order valence-corrected chi connectivity index (χ2v) is 6.54. The number of piperazine rings is 1. The molecule has 0 aliphatic carbocycles. The molecule has 1 aromatic carbocycles. The van der Waals surface area contributed by atoms with Gasteiger partial charge in [-0.25, -0.2) is 8.42 Å². The van der Waals surface area contributed by atoms with Crippen LogP contribution in [0.2, 0.25) is 0 Å². The average molecular weight is 314 g/mol. The van der Waals surface area contributed by atoms with Crippen molar-refractivity contribution in [1.82, 2.24) is 9.21 Å². The molecule has 114 valence electrons. The third-order valence-corrected chi connectivity index (χ3v) is 5.09. The van der Waals surface area contributed by atoms with E-state index in [0.29, 0.717) is 0 Å². The van der Waals surface area contributed by atoms with Crippen molar-refractivity contribution in [3.05, 3.63) is 28.3 Å². The second kappa shape index (κ2) is 5.30. The summed E-state index contributed by atoms with van der Waals surface area (Å²) in [5, 5.41) is 11.0. The largest absolute Gasteiger partial charge is 0.399 e. The summed E-state index contributed by atoms with van der Waals surface area (Å²) in [5.74, 6) is -0.364. The Labute approximate surface area is 121 Å². The fourth-order valence-corrected chi connectivity index (χ4v) is 3.54. The monoisotopic (exact) mass is 314 g/mol. The van der Waals surface area contributed by atoms with Gasteiger partial charge in [0.25, 0.3) is 15.7 Å². The number of nitrogens with zero attached hydrogens (tertiary/aromatic N) is 3. The summed E-state index contributed by atoms with van der Waals surface area (Å²) >= 11 is 0. The maximum atomic E-state index is 12.5. The number of hydrogen-bond donors (Lipinski definition) is 1. The number of nitrogens with two attached hydrogens (primary N) is 1. The molecule has 2 N–H and O–H groups in total. The van der Waals surface area contributed by atoms with Crippen LogP contribution in [0.4, 0.5) is 11.4 Å². The van der Waals surface area contributed by atoms with Crippen molar-refractivity contribution in [2.75, 3.05) is 32.4 Å². The highest BCUT2D eigenvalue weighted by Crippen LogP contribution is 2.29. The standard InChI is InChI=1S/C11H14N4O5S/c1-13-4-5-14(7-11(13)16)21(19,20)10-6-8(12)2-3-9(10)15(17)18/h2-3,6H,4-5,7,12H2,1H3. The first-order valence-electron chi connectivity index (χ1n) is 6.01. The van der Waals surface area contributed by atoms with E-state index in [2.05, 4.69) is 0 Å². The SMILES string of the molecule is CN1CCN(S(=O)(=O)c2cc(N)ccc2[N+](=O)[O-])CC1=O. The zero-order chi connectivity index (χ0) is 15.8. The lowest BCUT2D eigenvalue weighted by Gasteiger charge is -2.31. The molecule has 0 atom stereocenters. The fourth-order valence-electron chi connectivity index (χ4n) is 1.97. The number of rotatable bonds is 3. The molecule has 0 saturated carbocycles. The molecule has 0 aromatic heterocycles. The summed E-state index contributed by atoms with van der Waals surface area (Å²) in [6.45, 7) is -0.0323. The van der Waals surface area contributed by atoms with Crippen LogP contribution in [-0.2, 0) is 14.8 Å². The van der Waals surface area contributed by atoms with Crippen molar-refractivity contribution in [3.8, 4) is 0 Å². The Morgan fingerprint density at radius 1 is 1.33 bits per heavy atom. The van der Waals surface area contributed by atoms with Crippen molar-refractivity contribution in [2.45, 2.75) is 4.90 Å². The Morgan fingerprint density at radius 3 is 2.57 bits per heavy atom. The molecule has 9 nitrogen and oxygen atoms in total. The first-order valence-corrected chi connectivity index (χ1v) is 7.45. The van der Waals surface area contributed by atoms with Crippen LogP contribution in [0.3, 0.4) is 0 Å². The molecule has 10 heteroatoms. The number of nitro groups is 1. The van der Waals surface area contributed by atoms with Crippen LogP contribution < -0.4 is 5.73 Å². The number of amides is 1. The third-order valence-electron chi connectivity index (χ3n) is 3.22. The number of likely N-dealkylation sites (N-methyl/N-ethyl adjacent to an activating group) is 1. The smallest absolute Gasteiger partial charge is 0.289 e. The van der Waals surface area contributed by atoms with Crippen LogP contribution >= 0.6 is 0 Å². The van der Waals surface area contributed by atoms with Gasteiger partial charge in [-0.3, -0.25) is 14.9 Å². The molecular formula is C11H14N4O5S. The van der Waals surface area contributed by atoms with E-state index in [-0.39, 0.29) is 31.2 Å². The first-order chi connectivity index (χ1) is 9.73. The molecular weight excluding hydrogens is 300 g/mol. The summed E-state index contributed by atoms with van der Waals surface area (Å²) in [7, 11) is -2.59. The molecule has 1 aliphatic heterocycles. The van der Waals surface area contributed by atoms with Crippen LogP contribution in [0.25, 0.3) is 0 Å². The summed E-state index contributed by atoms with van der Waals surface area (Å²) in [6, 6.07) is 3.34. The highest BCUT2D eigenvalue weighted by atomic mass is 32.2. The van der Waals surface area contributed by atoms with E-state index < -0.39 is 25.5 Å². The first kappa shape index (κ1) is 15.2. The minimum atomic E-state index is -4.15. The maximum Gasteiger partial charge on any atom is 0.289 e. The van der Waals surface area contributed by atoms with Crippen LogP contribution in [0.15, 0.2) is 23.1 Å². The van der Waals surface area contributed by atoms with Crippen LogP contribution in [0.5, 0.6) is 0 Å². The lowest BCUT2D eigenvalue weighted by atomic mass is 10.3. The summed E-state index contributed by atoms with van der Waals surface area (Å²) in [6.07, 6.45) is 0. The molecule has 1 aromatic rings.